The molecule has 4 aliphatic carbocycles. The summed E-state index contributed by atoms with van der Waals surface area (Å²) in [5.41, 5.74) is -5.97. The Kier molecular flexibility index (Phi) is 7.30. The van der Waals surface area contributed by atoms with E-state index in [0.717, 1.165) is 0 Å². The standard InChI is InChI=1S/C28H36O12/c1-13-9-17-26(37,23(13)36)11-15(12-29)10-16-22-25(3,4)28(22,40-21(35)8-6-19(32)33)24(14(2)27(16,17)38)39-20(34)7-5-18(30)31/h9-10,14,16-17,22,24,29,37-38H,5-8,11-12H2,1-4H3,(H,30,31)(H,32,33)/t14-,16+,17-,22?,24-,26-,27-,28-/m1/s1. The number of ketones is 1. The summed E-state index contributed by atoms with van der Waals surface area (Å²) in [6.45, 7) is 6.03. The highest BCUT2D eigenvalue weighted by Gasteiger charge is 2.87. The summed E-state index contributed by atoms with van der Waals surface area (Å²) in [4.78, 5) is 61.1. The van der Waals surface area contributed by atoms with Crippen LogP contribution >= 0.6 is 0 Å². The highest BCUT2D eigenvalue weighted by atomic mass is 16.6. The highest BCUT2D eigenvalue weighted by Crippen LogP contribution is 2.77. The second-order valence-corrected chi connectivity index (χ2v) is 12.1. The van der Waals surface area contributed by atoms with E-state index < -0.39 is 114 Å². The first kappa shape index (κ1) is 29.9. The van der Waals surface area contributed by atoms with E-state index in [9.17, 15) is 39.3 Å². The SMILES string of the molecule is CC1=C[C@H]2[C@@]3(O)[C@H](C)[C@@H](OC(=O)CCC(=O)O)[C@]4(OC(=O)CCC(=O)O)C([C@@H]3C=C(CO)C[C@]2(O)C1=O)C4(C)C. The van der Waals surface area contributed by atoms with Crippen molar-refractivity contribution in [3.63, 3.8) is 0 Å². The summed E-state index contributed by atoms with van der Waals surface area (Å²) in [6.07, 6.45) is -0.452. The van der Waals surface area contributed by atoms with Gasteiger partial charge in [-0.05, 0) is 18.1 Å². The van der Waals surface area contributed by atoms with E-state index in [1.54, 1.807) is 26.8 Å². The number of carbonyl (C=O) groups is 5. The number of Topliss-reactive ketones (excluding diaryl/α,β-unsaturated/α-hetero) is 1. The van der Waals surface area contributed by atoms with Gasteiger partial charge in [0.25, 0.3) is 0 Å². The fourth-order valence-electron chi connectivity index (χ4n) is 7.68. The molecule has 40 heavy (non-hydrogen) atoms. The molecule has 2 saturated carbocycles. The van der Waals surface area contributed by atoms with Gasteiger partial charge in [0.1, 0.15) is 11.7 Å². The molecular weight excluding hydrogens is 528 g/mol. The van der Waals surface area contributed by atoms with E-state index in [-0.39, 0.29) is 12.0 Å². The highest BCUT2D eigenvalue weighted by molar-refractivity contribution is 6.04. The number of carbonyl (C=O) groups excluding carboxylic acids is 3. The number of ether oxygens (including phenoxy) is 2. The maximum Gasteiger partial charge on any atom is 0.307 e. The Morgan fingerprint density at radius 1 is 0.975 bits per heavy atom. The molecule has 0 bridgehead atoms. The number of aliphatic carboxylic acids is 2. The van der Waals surface area contributed by atoms with Gasteiger partial charge in [-0.1, -0.05) is 32.9 Å². The van der Waals surface area contributed by atoms with Crippen molar-refractivity contribution in [2.75, 3.05) is 6.61 Å². The second kappa shape index (κ2) is 9.78. The molecule has 0 aromatic rings. The Morgan fingerprint density at radius 3 is 2.10 bits per heavy atom. The van der Waals surface area contributed by atoms with Crippen LogP contribution in [0.1, 0.15) is 59.8 Å². The van der Waals surface area contributed by atoms with Crippen molar-refractivity contribution in [1.29, 1.82) is 0 Å². The average molecular weight is 565 g/mol. The predicted octanol–water partition coefficient (Wildman–Crippen LogP) is 0.762. The number of rotatable bonds is 9. The van der Waals surface area contributed by atoms with E-state index >= 15 is 0 Å². The van der Waals surface area contributed by atoms with Gasteiger partial charge in [0.15, 0.2) is 11.4 Å². The molecule has 1 unspecified atom stereocenters. The smallest absolute Gasteiger partial charge is 0.307 e. The van der Waals surface area contributed by atoms with Crippen molar-refractivity contribution in [3.05, 3.63) is 23.3 Å². The van der Waals surface area contributed by atoms with Gasteiger partial charge in [-0.25, -0.2) is 0 Å². The van der Waals surface area contributed by atoms with E-state index in [0.29, 0.717) is 5.57 Å². The topological polar surface area (TPSA) is 205 Å². The summed E-state index contributed by atoms with van der Waals surface area (Å²) in [7, 11) is 0. The number of hydrogen-bond acceptors (Lipinski definition) is 10. The molecule has 0 heterocycles. The summed E-state index contributed by atoms with van der Waals surface area (Å²) in [5.74, 6) is -8.65. The van der Waals surface area contributed by atoms with Gasteiger partial charge in [-0.2, -0.15) is 0 Å². The van der Waals surface area contributed by atoms with Gasteiger partial charge >= 0.3 is 23.9 Å². The van der Waals surface area contributed by atoms with Gasteiger partial charge in [-0.3, -0.25) is 24.0 Å². The lowest BCUT2D eigenvalue weighted by molar-refractivity contribution is -0.229. The lowest BCUT2D eigenvalue weighted by Gasteiger charge is -2.53. The van der Waals surface area contributed by atoms with Crippen LogP contribution in [-0.4, -0.2) is 84.7 Å². The quantitative estimate of drug-likeness (QED) is 0.194. The zero-order chi connectivity index (χ0) is 30.0. The Morgan fingerprint density at radius 2 is 1.55 bits per heavy atom. The molecule has 0 aromatic heterocycles. The van der Waals surface area contributed by atoms with Crippen LogP contribution in [0.5, 0.6) is 0 Å². The van der Waals surface area contributed by atoms with Gasteiger partial charge in [0.05, 0.1) is 37.9 Å². The van der Waals surface area contributed by atoms with E-state index in [2.05, 4.69) is 0 Å². The molecule has 0 spiro atoms. The van der Waals surface area contributed by atoms with E-state index in [4.69, 9.17) is 19.7 Å². The minimum absolute atomic E-state index is 0.230. The summed E-state index contributed by atoms with van der Waals surface area (Å²) in [6, 6.07) is 0. The molecule has 4 aliphatic rings. The summed E-state index contributed by atoms with van der Waals surface area (Å²) >= 11 is 0. The van der Waals surface area contributed by atoms with Gasteiger partial charge in [-0.15, -0.1) is 0 Å². The van der Waals surface area contributed by atoms with Crippen molar-refractivity contribution < 1.29 is 59.0 Å². The van der Waals surface area contributed by atoms with Crippen LogP contribution in [0.3, 0.4) is 0 Å². The third kappa shape index (κ3) is 4.19. The number of hydrogen-bond donors (Lipinski definition) is 5. The van der Waals surface area contributed by atoms with Crippen LogP contribution in [0.2, 0.25) is 0 Å². The van der Waals surface area contributed by atoms with E-state index in [1.165, 1.54) is 13.0 Å². The van der Waals surface area contributed by atoms with Crippen molar-refractivity contribution in [2.24, 2.45) is 29.1 Å². The Bertz CT molecular complexity index is 1220. The zero-order valence-electron chi connectivity index (χ0n) is 22.9. The molecule has 12 heteroatoms. The molecule has 0 amide bonds. The van der Waals surface area contributed by atoms with E-state index in [1.807, 2.05) is 0 Å². The first-order chi connectivity index (χ1) is 18.5. The molecule has 12 nitrogen and oxygen atoms in total. The zero-order valence-corrected chi connectivity index (χ0v) is 22.9. The van der Waals surface area contributed by atoms with Gasteiger partial charge in [0, 0.05) is 35.5 Å². The number of esters is 2. The molecule has 5 N–H and O–H groups in total. The van der Waals surface area contributed by atoms with Crippen LogP contribution in [0.25, 0.3) is 0 Å². The Balaban J connectivity index is 1.86. The number of aliphatic hydroxyl groups excluding tert-OH is 1. The Labute approximate surface area is 230 Å². The third-order valence-corrected chi connectivity index (χ3v) is 9.59. The molecule has 0 radical (unpaired) electrons. The number of carboxylic acid groups (broad SMARTS) is 2. The van der Waals surface area contributed by atoms with Gasteiger partial charge in [0.2, 0.25) is 0 Å². The fourth-order valence-corrected chi connectivity index (χ4v) is 7.68. The normalized spacial score (nSPS) is 39.0. The number of carboxylic acids is 2. The minimum atomic E-state index is -2.08. The van der Waals surface area contributed by atoms with Crippen molar-refractivity contribution in [2.45, 2.75) is 82.7 Å². The van der Waals surface area contributed by atoms with Crippen LogP contribution in [0, 0.1) is 29.1 Å². The molecule has 0 saturated heterocycles. The van der Waals surface area contributed by atoms with Crippen LogP contribution in [0.15, 0.2) is 23.3 Å². The molecule has 2 fully saturated rings. The molecule has 8 atom stereocenters. The predicted molar refractivity (Wildman–Crippen MR) is 134 cm³/mol. The van der Waals surface area contributed by atoms with Crippen molar-refractivity contribution >= 4 is 29.7 Å². The largest absolute Gasteiger partial charge is 0.481 e. The maximum atomic E-state index is 13.2. The molecule has 220 valence electrons. The summed E-state index contributed by atoms with van der Waals surface area (Å²) in [5, 5.41) is 52.5. The Hall–Kier alpha value is -3.09. The van der Waals surface area contributed by atoms with Crippen LogP contribution in [-0.2, 0) is 33.4 Å². The molecule has 0 aromatic carbocycles. The van der Waals surface area contributed by atoms with Crippen molar-refractivity contribution in [1.82, 2.24) is 0 Å². The first-order valence-corrected chi connectivity index (χ1v) is 13.3. The number of aliphatic hydroxyl groups is 3. The average Bonchev–Trinajstić information content (AvgIpc) is 3.29. The van der Waals surface area contributed by atoms with Gasteiger partial charge < -0.3 is 35.0 Å². The lowest BCUT2D eigenvalue weighted by Crippen LogP contribution is -2.66. The minimum Gasteiger partial charge on any atom is -0.481 e. The van der Waals surface area contributed by atoms with Crippen molar-refractivity contribution in [3.8, 4) is 0 Å². The first-order valence-electron chi connectivity index (χ1n) is 13.3. The maximum absolute atomic E-state index is 13.2. The lowest BCUT2D eigenvalue weighted by atomic mass is 9.59. The van der Waals surface area contributed by atoms with Crippen LogP contribution < -0.4 is 0 Å². The fraction of sp³-hybridized carbons (Fsp3) is 0.679. The molecular formula is C28H36O12. The third-order valence-electron chi connectivity index (χ3n) is 9.59. The molecule has 0 aliphatic heterocycles. The second-order valence-electron chi connectivity index (χ2n) is 12.1. The van der Waals surface area contributed by atoms with Crippen LogP contribution in [0.4, 0.5) is 0 Å². The monoisotopic (exact) mass is 564 g/mol. The summed E-state index contributed by atoms with van der Waals surface area (Å²) < 4.78 is 11.8. The number of fused-ring (bicyclic) bond motifs is 5. The molecule has 4 rings (SSSR count).